The summed E-state index contributed by atoms with van der Waals surface area (Å²) in [7, 11) is 0. The molecule has 0 spiro atoms. The van der Waals surface area contributed by atoms with Gasteiger partial charge in [0.2, 0.25) is 0 Å². The molecule has 26 heavy (non-hydrogen) atoms. The summed E-state index contributed by atoms with van der Waals surface area (Å²) in [4.78, 5) is 35.3. The zero-order chi connectivity index (χ0) is 19.1. The van der Waals surface area contributed by atoms with Crippen molar-refractivity contribution in [2.75, 3.05) is 6.54 Å². The van der Waals surface area contributed by atoms with E-state index >= 15 is 0 Å². The molecule has 2 amide bonds. The van der Waals surface area contributed by atoms with Crippen LogP contribution < -0.4 is 10.6 Å². The number of hydrogen-bond donors (Lipinski definition) is 3. The SMILES string of the molecule is O=C(O)CNC(=O)/C(=C/c1ccc(Cl)cc1)NC(=O)c1ccc(Br)cc1. The van der Waals surface area contributed by atoms with Crippen LogP contribution in [0.5, 0.6) is 0 Å². The van der Waals surface area contributed by atoms with Gasteiger partial charge in [0.05, 0.1) is 0 Å². The molecule has 0 aliphatic carbocycles. The van der Waals surface area contributed by atoms with Crippen molar-refractivity contribution in [3.63, 3.8) is 0 Å². The Balaban J connectivity index is 2.25. The quantitative estimate of drug-likeness (QED) is 0.605. The topological polar surface area (TPSA) is 95.5 Å². The van der Waals surface area contributed by atoms with Crippen molar-refractivity contribution in [1.29, 1.82) is 0 Å². The fourth-order valence-electron chi connectivity index (χ4n) is 1.93. The first-order valence-electron chi connectivity index (χ1n) is 7.39. The smallest absolute Gasteiger partial charge is 0.322 e. The number of carboxylic acids is 1. The number of rotatable bonds is 6. The van der Waals surface area contributed by atoms with Crippen LogP contribution in [0.4, 0.5) is 0 Å². The van der Waals surface area contributed by atoms with Crippen molar-refractivity contribution >= 4 is 51.4 Å². The minimum atomic E-state index is -1.19. The van der Waals surface area contributed by atoms with Gasteiger partial charge in [-0.3, -0.25) is 14.4 Å². The minimum absolute atomic E-state index is 0.0820. The van der Waals surface area contributed by atoms with E-state index < -0.39 is 24.3 Å². The predicted octanol–water partition coefficient (Wildman–Crippen LogP) is 3.07. The van der Waals surface area contributed by atoms with Gasteiger partial charge in [-0.05, 0) is 48.0 Å². The Morgan fingerprint density at radius 2 is 1.65 bits per heavy atom. The van der Waals surface area contributed by atoms with Crippen LogP contribution in [0.1, 0.15) is 15.9 Å². The number of carbonyl (C=O) groups is 3. The number of halogens is 2. The third-order valence-electron chi connectivity index (χ3n) is 3.18. The van der Waals surface area contributed by atoms with Crippen LogP contribution in [0.15, 0.2) is 58.7 Å². The molecule has 0 unspecified atom stereocenters. The number of carboxylic acid groups (broad SMARTS) is 1. The van der Waals surface area contributed by atoms with Gasteiger partial charge in [-0.25, -0.2) is 0 Å². The minimum Gasteiger partial charge on any atom is -0.480 e. The number of benzene rings is 2. The summed E-state index contributed by atoms with van der Waals surface area (Å²) >= 11 is 9.11. The molecule has 2 rings (SSSR count). The summed E-state index contributed by atoms with van der Waals surface area (Å²) in [6.45, 7) is -0.565. The highest BCUT2D eigenvalue weighted by molar-refractivity contribution is 9.10. The summed E-state index contributed by atoms with van der Waals surface area (Å²) in [5.41, 5.74) is 0.883. The van der Waals surface area contributed by atoms with Crippen LogP contribution in [0.2, 0.25) is 5.02 Å². The van der Waals surface area contributed by atoms with Gasteiger partial charge in [0.15, 0.2) is 0 Å². The van der Waals surface area contributed by atoms with E-state index in [1.165, 1.54) is 6.08 Å². The lowest BCUT2D eigenvalue weighted by Crippen LogP contribution is -2.37. The number of aliphatic carboxylic acids is 1. The van der Waals surface area contributed by atoms with E-state index in [1.807, 2.05) is 0 Å². The van der Waals surface area contributed by atoms with E-state index in [1.54, 1.807) is 48.5 Å². The van der Waals surface area contributed by atoms with Crippen molar-refractivity contribution in [2.24, 2.45) is 0 Å². The second kappa shape index (κ2) is 9.17. The van der Waals surface area contributed by atoms with Crippen molar-refractivity contribution in [2.45, 2.75) is 0 Å². The first kappa shape index (κ1) is 19.7. The average Bonchev–Trinajstić information content (AvgIpc) is 2.61. The Kier molecular flexibility index (Phi) is 6.94. The van der Waals surface area contributed by atoms with Gasteiger partial charge >= 0.3 is 5.97 Å². The number of hydrogen-bond acceptors (Lipinski definition) is 3. The Hall–Kier alpha value is -2.64. The highest BCUT2D eigenvalue weighted by atomic mass is 79.9. The van der Waals surface area contributed by atoms with E-state index in [-0.39, 0.29) is 5.70 Å². The highest BCUT2D eigenvalue weighted by Gasteiger charge is 2.15. The maximum absolute atomic E-state index is 12.4. The van der Waals surface area contributed by atoms with Gasteiger partial charge < -0.3 is 15.7 Å². The molecule has 0 saturated carbocycles. The molecule has 0 heterocycles. The Labute approximate surface area is 163 Å². The molecule has 2 aromatic rings. The van der Waals surface area contributed by atoms with Gasteiger partial charge in [0, 0.05) is 15.1 Å². The van der Waals surface area contributed by atoms with E-state index in [2.05, 4.69) is 26.6 Å². The van der Waals surface area contributed by atoms with Gasteiger partial charge in [-0.1, -0.05) is 39.7 Å². The summed E-state index contributed by atoms with van der Waals surface area (Å²) in [5, 5.41) is 14.0. The summed E-state index contributed by atoms with van der Waals surface area (Å²) in [5.74, 6) is -2.40. The van der Waals surface area contributed by atoms with Crippen molar-refractivity contribution in [3.8, 4) is 0 Å². The zero-order valence-corrected chi connectivity index (χ0v) is 15.7. The second-order valence-corrected chi connectivity index (χ2v) is 6.50. The Morgan fingerprint density at radius 1 is 1.04 bits per heavy atom. The first-order valence-corrected chi connectivity index (χ1v) is 8.56. The molecule has 134 valence electrons. The van der Waals surface area contributed by atoms with Gasteiger partial charge in [-0.15, -0.1) is 0 Å². The van der Waals surface area contributed by atoms with Crippen LogP contribution in [-0.2, 0) is 9.59 Å². The molecule has 8 heteroatoms. The van der Waals surface area contributed by atoms with E-state index in [0.717, 1.165) is 4.47 Å². The van der Waals surface area contributed by atoms with E-state index in [4.69, 9.17) is 16.7 Å². The Bertz CT molecular complexity index is 848. The highest BCUT2D eigenvalue weighted by Crippen LogP contribution is 2.13. The molecule has 0 aromatic heterocycles. The van der Waals surface area contributed by atoms with Crippen LogP contribution in [0, 0.1) is 0 Å². The molecule has 3 N–H and O–H groups in total. The van der Waals surface area contributed by atoms with Crippen LogP contribution in [0.3, 0.4) is 0 Å². The number of carbonyl (C=O) groups excluding carboxylic acids is 2. The third-order valence-corrected chi connectivity index (χ3v) is 3.96. The fraction of sp³-hybridized carbons (Fsp3) is 0.0556. The van der Waals surface area contributed by atoms with Crippen molar-refractivity contribution in [3.05, 3.63) is 74.9 Å². The zero-order valence-electron chi connectivity index (χ0n) is 13.3. The summed E-state index contributed by atoms with van der Waals surface area (Å²) in [6.07, 6.45) is 1.43. The van der Waals surface area contributed by atoms with Crippen molar-refractivity contribution < 1.29 is 19.5 Å². The maximum Gasteiger partial charge on any atom is 0.322 e. The average molecular weight is 438 g/mol. The summed E-state index contributed by atoms with van der Waals surface area (Å²) in [6, 6.07) is 13.2. The van der Waals surface area contributed by atoms with Crippen LogP contribution in [0.25, 0.3) is 6.08 Å². The maximum atomic E-state index is 12.4. The lowest BCUT2D eigenvalue weighted by Gasteiger charge is -2.10. The summed E-state index contributed by atoms with van der Waals surface area (Å²) < 4.78 is 0.810. The fourth-order valence-corrected chi connectivity index (χ4v) is 2.32. The number of nitrogens with one attached hydrogen (secondary N) is 2. The molecule has 0 atom stereocenters. The lowest BCUT2D eigenvalue weighted by molar-refractivity contribution is -0.137. The molecule has 0 fully saturated rings. The van der Waals surface area contributed by atoms with Crippen molar-refractivity contribution in [1.82, 2.24) is 10.6 Å². The monoisotopic (exact) mass is 436 g/mol. The molecule has 0 bridgehead atoms. The van der Waals surface area contributed by atoms with Crippen LogP contribution in [-0.4, -0.2) is 29.4 Å². The van der Waals surface area contributed by atoms with E-state index in [0.29, 0.717) is 16.1 Å². The van der Waals surface area contributed by atoms with E-state index in [9.17, 15) is 14.4 Å². The van der Waals surface area contributed by atoms with Crippen LogP contribution >= 0.6 is 27.5 Å². The molecule has 0 aliphatic rings. The predicted molar refractivity (Wildman–Crippen MR) is 102 cm³/mol. The van der Waals surface area contributed by atoms with Gasteiger partial charge in [-0.2, -0.15) is 0 Å². The van der Waals surface area contributed by atoms with Gasteiger partial charge in [0.25, 0.3) is 11.8 Å². The molecule has 2 aromatic carbocycles. The normalized spacial score (nSPS) is 10.9. The lowest BCUT2D eigenvalue weighted by atomic mass is 10.1. The molecule has 0 aliphatic heterocycles. The Morgan fingerprint density at radius 3 is 2.23 bits per heavy atom. The van der Waals surface area contributed by atoms with Gasteiger partial charge in [0.1, 0.15) is 12.2 Å². The second-order valence-electron chi connectivity index (χ2n) is 5.15. The molecular weight excluding hydrogens is 424 g/mol. The molecule has 0 radical (unpaired) electrons. The molecular formula is C18H14BrClN2O4. The third kappa shape index (κ3) is 6.02. The number of amides is 2. The molecule has 0 saturated heterocycles. The first-order chi connectivity index (χ1) is 12.3. The molecule has 6 nitrogen and oxygen atoms in total. The standard InChI is InChI=1S/C18H14BrClN2O4/c19-13-5-3-12(4-6-13)17(25)22-15(18(26)21-10-16(23)24)9-11-1-7-14(20)8-2-11/h1-9H,10H2,(H,21,26)(H,22,25)(H,23,24)/b15-9-. The largest absolute Gasteiger partial charge is 0.480 e.